The quantitative estimate of drug-likeness (QED) is 0.595. The Labute approximate surface area is 162 Å². The Bertz CT molecular complexity index is 837. The highest BCUT2D eigenvalue weighted by Gasteiger charge is 2.17. The molecule has 1 amide bonds. The molecule has 0 saturated carbocycles. The third-order valence-electron chi connectivity index (χ3n) is 4.17. The van der Waals surface area contributed by atoms with Crippen molar-refractivity contribution in [3.8, 4) is 11.5 Å². The molecule has 3 rings (SSSR count). The first-order valence-electron chi connectivity index (χ1n) is 8.87. The Morgan fingerprint density at radius 2 is 1.89 bits per heavy atom. The normalized spacial score (nSPS) is 12.9. The highest BCUT2D eigenvalue weighted by Crippen LogP contribution is 2.34. The summed E-state index contributed by atoms with van der Waals surface area (Å²) in [5, 5.41) is 14.5. The van der Waals surface area contributed by atoms with Crippen molar-refractivity contribution in [1.82, 2.24) is 5.32 Å². The molecular formula is C20H22N2O6. The number of aliphatic hydroxyl groups is 1. The summed E-state index contributed by atoms with van der Waals surface area (Å²) in [4.78, 5) is 24.2. The van der Waals surface area contributed by atoms with E-state index in [0.717, 1.165) is 11.3 Å². The monoisotopic (exact) mass is 386 g/mol. The summed E-state index contributed by atoms with van der Waals surface area (Å²) >= 11 is 0. The molecule has 1 aliphatic rings. The van der Waals surface area contributed by atoms with Crippen molar-refractivity contribution in [3.05, 3.63) is 53.6 Å². The van der Waals surface area contributed by atoms with E-state index in [9.17, 15) is 9.59 Å². The molecule has 8 heteroatoms. The molecule has 2 aromatic rings. The molecule has 0 radical (unpaired) electrons. The molecular weight excluding hydrogens is 364 g/mol. The van der Waals surface area contributed by atoms with Gasteiger partial charge >= 0.3 is 5.97 Å². The third-order valence-corrected chi connectivity index (χ3v) is 4.17. The highest BCUT2D eigenvalue weighted by molar-refractivity contribution is 5.91. The van der Waals surface area contributed by atoms with Crippen molar-refractivity contribution in [2.45, 2.75) is 13.0 Å². The van der Waals surface area contributed by atoms with Gasteiger partial charge in [0.2, 0.25) is 6.79 Å². The van der Waals surface area contributed by atoms with Crippen molar-refractivity contribution in [3.63, 3.8) is 0 Å². The number of carbonyl (C=O) groups is 2. The fraction of sp³-hybridized carbons (Fsp3) is 0.300. The minimum absolute atomic E-state index is 0.0174. The fourth-order valence-corrected chi connectivity index (χ4v) is 2.69. The number of aliphatic hydroxyl groups excluding tert-OH is 1. The van der Waals surface area contributed by atoms with E-state index in [2.05, 4.69) is 10.6 Å². The Hall–Kier alpha value is -3.26. The molecule has 0 aromatic heterocycles. The average Bonchev–Trinajstić information content (AvgIpc) is 3.18. The summed E-state index contributed by atoms with van der Waals surface area (Å²) in [6.07, 6.45) is 0. The topological polar surface area (TPSA) is 106 Å². The van der Waals surface area contributed by atoms with Crippen LogP contribution in [0.15, 0.2) is 42.5 Å². The van der Waals surface area contributed by atoms with Crippen LogP contribution in [0, 0.1) is 0 Å². The number of benzene rings is 2. The van der Waals surface area contributed by atoms with Crippen LogP contribution in [-0.2, 0) is 9.53 Å². The first-order chi connectivity index (χ1) is 13.6. The van der Waals surface area contributed by atoms with Gasteiger partial charge in [0.05, 0.1) is 18.2 Å². The second kappa shape index (κ2) is 9.09. The molecule has 0 saturated heterocycles. The van der Waals surface area contributed by atoms with Crippen LogP contribution >= 0.6 is 0 Å². The molecule has 0 unspecified atom stereocenters. The number of rotatable bonds is 8. The van der Waals surface area contributed by atoms with Gasteiger partial charge in [0.15, 0.2) is 18.1 Å². The summed E-state index contributed by atoms with van der Waals surface area (Å²) in [7, 11) is 0. The molecule has 3 N–H and O–H groups in total. The lowest BCUT2D eigenvalue weighted by Gasteiger charge is -2.15. The summed E-state index contributed by atoms with van der Waals surface area (Å²) in [5.41, 5.74) is 1.97. The molecule has 0 fully saturated rings. The van der Waals surface area contributed by atoms with Gasteiger partial charge in [-0.2, -0.15) is 0 Å². The zero-order valence-electron chi connectivity index (χ0n) is 15.4. The lowest BCUT2D eigenvalue weighted by molar-refractivity contribution is -0.124. The smallest absolute Gasteiger partial charge is 0.338 e. The predicted octanol–water partition coefficient (Wildman–Crippen LogP) is 1.85. The summed E-state index contributed by atoms with van der Waals surface area (Å²) in [6.45, 7) is 2.08. The van der Waals surface area contributed by atoms with Crippen molar-refractivity contribution < 1.29 is 28.9 Å². The molecule has 2 aromatic carbocycles. The molecule has 1 atom stereocenters. The van der Waals surface area contributed by atoms with Crippen molar-refractivity contribution >= 4 is 17.6 Å². The van der Waals surface area contributed by atoms with Crippen LogP contribution in [0.1, 0.15) is 28.9 Å². The number of fused-ring (bicyclic) bond motifs is 1. The minimum Gasteiger partial charge on any atom is -0.454 e. The van der Waals surface area contributed by atoms with E-state index in [0.29, 0.717) is 23.6 Å². The van der Waals surface area contributed by atoms with Crippen LogP contribution in [0.25, 0.3) is 0 Å². The number of ether oxygens (including phenoxy) is 3. The Morgan fingerprint density at radius 1 is 1.14 bits per heavy atom. The number of carbonyl (C=O) groups excluding carboxylic acids is 2. The molecule has 0 aliphatic carbocycles. The van der Waals surface area contributed by atoms with E-state index in [1.807, 2.05) is 19.1 Å². The van der Waals surface area contributed by atoms with Crippen molar-refractivity contribution in [2.75, 3.05) is 31.9 Å². The maximum Gasteiger partial charge on any atom is 0.338 e. The molecule has 0 spiro atoms. The summed E-state index contributed by atoms with van der Waals surface area (Å²) < 4.78 is 15.7. The van der Waals surface area contributed by atoms with Gasteiger partial charge < -0.3 is 30.0 Å². The maximum absolute atomic E-state index is 12.1. The van der Waals surface area contributed by atoms with Gasteiger partial charge in [0, 0.05) is 12.2 Å². The Balaban J connectivity index is 1.47. The molecule has 1 aliphatic heterocycles. The van der Waals surface area contributed by atoms with Gasteiger partial charge in [-0.3, -0.25) is 4.79 Å². The highest BCUT2D eigenvalue weighted by atomic mass is 16.7. The zero-order chi connectivity index (χ0) is 19.9. The van der Waals surface area contributed by atoms with E-state index >= 15 is 0 Å². The lowest BCUT2D eigenvalue weighted by atomic mass is 10.1. The zero-order valence-corrected chi connectivity index (χ0v) is 15.4. The van der Waals surface area contributed by atoms with Crippen molar-refractivity contribution in [1.29, 1.82) is 0 Å². The second-order valence-corrected chi connectivity index (χ2v) is 6.21. The van der Waals surface area contributed by atoms with Gasteiger partial charge in [-0.15, -0.1) is 0 Å². The Morgan fingerprint density at radius 3 is 2.64 bits per heavy atom. The lowest BCUT2D eigenvalue weighted by Crippen LogP contribution is -2.31. The minimum atomic E-state index is -0.584. The van der Waals surface area contributed by atoms with E-state index < -0.39 is 11.9 Å². The van der Waals surface area contributed by atoms with Gasteiger partial charge in [0.25, 0.3) is 5.91 Å². The summed E-state index contributed by atoms with van der Waals surface area (Å²) in [6, 6.07) is 11.8. The van der Waals surface area contributed by atoms with Crippen molar-refractivity contribution in [2.24, 2.45) is 0 Å². The van der Waals surface area contributed by atoms with Crippen LogP contribution in [-0.4, -0.2) is 43.5 Å². The average molecular weight is 386 g/mol. The molecule has 0 bridgehead atoms. The van der Waals surface area contributed by atoms with E-state index in [-0.39, 0.29) is 26.0 Å². The SMILES string of the molecule is C[C@H](NC(=O)COC(=O)c1ccc(NCCO)cc1)c1ccc2c(c1)OCO2. The number of anilines is 1. The predicted molar refractivity (Wildman–Crippen MR) is 101 cm³/mol. The van der Waals surface area contributed by atoms with Crippen LogP contribution in [0.3, 0.4) is 0 Å². The van der Waals surface area contributed by atoms with Crippen LogP contribution in [0.4, 0.5) is 5.69 Å². The van der Waals surface area contributed by atoms with Crippen LogP contribution < -0.4 is 20.1 Å². The number of hydrogen-bond acceptors (Lipinski definition) is 7. The number of amides is 1. The molecule has 8 nitrogen and oxygen atoms in total. The second-order valence-electron chi connectivity index (χ2n) is 6.21. The molecule has 28 heavy (non-hydrogen) atoms. The van der Waals surface area contributed by atoms with E-state index in [1.54, 1.807) is 30.3 Å². The third kappa shape index (κ3) is 4.92. The first-order valence-corrected chi connectivity index (χ1v) is 8.87. The van der Waals surface area contributed by atoms with E-state index in [4.69, 9.17) is 19.3 Å². The van der Waals surface area contributed by atoms with Gasteiger partial charge in [-0.05, 0) is 48.9 Å². The van der Waals surface area contributed by atoms with Gasteiger partial charge in [0.1, 0.15) is 0 Å². The van der Waals surface area contributed by atoms with Crippen LogP contribution in [0.5, 0.6) is 11.5 Å². The first kappa shape index (κ1) is 19.5. The van der Waals surface area contributed by atoms with E-state index in [1.165, 1.54) is 0 Å². The fourth-order valence-electron chi connectivity index (χ4n) is 2.69. The maximum atomic E-state index is 12.1. The molecule has 148 valence electrons. The number of esters is 1. The number of nitrogens with one attached hydrogen (secondary N) is 2. The Kier molecular flexibility index (Phi) is 6.33. The van der Waals surface area contributed by atoms with Crippen LogP contribution in [0.2, 0.25) is 0 Å². The van der Waals surface area contributed by atoms with Gasteiger partial charge in [-0.1, -0.05) is 6.07 Å². The largest absolute Gasteiger partial charge is 0.454 e. The standard InChI is InChI=1S/C20H22N2O6/c1-13(15-4-7-17-18(10-15)28-12-27-17)22-19(24)11-26-20(25)14-2-5-16(6-3-14)21-8-9-23/h2-7,10,13,21,23H,8-9,11-12H2,1H3,(H,22,24)/t13-/m0/s1. The van der Waals surface area contributed by atoms with Gasteiger partial charge in [-0.25, -0.2) is 4.79 Å². The summed E-state index contributed by atoms with van der Waals surface area (Å²) in [5.74, 6) is 0.329. The molecule has 1 heterocycles. The number of hydrogen-bond donors (Lipinski definition) is 3.